The molecule has 6 nitrogen and oxygen atoms in total. The molecule has 2 unspecified atom stereocenters. The number of ether oxygens (including phenoxy) is 2. The lowest BCUT2D eigenvalue weighted by Crippen LogP contribution is -2.67. The van der Waals surface area contributed by atoms with Gasteiger partial charge in [-0.3, -0.25) is 9.59 Å². The van der Waals surface area contributed by atoms with Gasteiger partial charge in [-0.1, -0.05) is 30.3 Å². The van der Waals surface area contributed by atoms with Crippen LogP contribution in [0, 0.1) is 0 Å². The molecule has 0 spiro atoms. The van der Waals surface area contributed by atoms with Gasteiger partial charge in [0, 0.05) is 44.6 Å². The third-order valence-electron chi connectivity index (χ3n) is 7.71. The zero-order chi connectivity index (χ0) is 23.6. The van der Waals surface area contributed by atoms with E-state index in [1.54, 1.807) is 0 Å². The summed E-state index contributed by atoms with van der Waals surface area (Å²) in [6, 6.07) is 17.4. The molecule has 33 heavy (non-hydrogen) atoms. The number of benzene rings is 2. The second-order valence-corrected chi connectivity index (χ2v) is 9.57. The second-order valence-electron chi connectivity index (χ2n) is 9.57. The topological polar surface area (TPSA) is 59.1 Å². The molecule has 1 aliphatic carbocycles. The molecule has 1 saturated carbocycles. The average molecular weight is 451 g/mol. The molecule has 0 N–H and O–H groups in total. The van der Waals surface area contributed by atoms with Gasteiger partial charge in [0.25, 0.3) is 5.91 Å². The summed E-state index contributed by atoms with van der Waals surface area (Å²) < 4.78 is 11.8. The van der Waals surface area contributed by atoms with Crippen molar-refractivity contribution in [2.24, 2.45) is 0 Å². The SMILES string of the molecule is COC12CC[C@@H](N(C)C(=O)c3ccccc3)CC1(c1cccc(OC(C)=O)c1)CCN(C)C2. The molecule has 1 amide bonds. The maximum Gasteiger partial charge on any atom is 0.308 e. The lowest BCUT2D eigenvalue weighted by atomic mass is 9.55. The van der Waals surface area contributed by atoms with Crippen LogP contribution in [0.3, 0.4) is 0 Å². The quantitative estimate of drug-likeness (QED) is 0.511. The van der Waals surface area contributed by atoms with Crippen LogP contribution in [0.4, 0.5) is 0 Å². The minimum atomic E-state index is -0.373. The Kier molecular flexibility index (Phi) is 6.59. The van der Waals surface area contributed by atoms with Crippen molar-refractivity contribution in [3.05, 3.63) is 65.7 Å². The molecule has 4 rings (SSSR count). The van der Waals surface area contributed by atoms with E-state index in [9.17, 15) is 9.59 Å². The molecule has 1 saturated heterocycles. The third kappa shape index (κ3) is 4.30. The molecule has 2 aromatic rings. The molecule has 176 valence electrons. The summed E-state index contributed by atoms with van der Waals surface area (Å²) in [5, 5.41) is 0. The number of fused-ring (bicyclic) bond motifs is 1. The second kappa shape index (κ2) is 9.27. The van der Waals surface area contributed by atoms with Crippen molar-refractivity contribution in [1.29, 1.82) is 0 Å². The van der Waals surface area contributed by atoms with Gasteiger partial charge in [0.1, 0.15) is 5.75 Å². The van der Waals surface area contributed by atoms with Gasteiger partial charge >= 0.3 is 5.97 Å². The highest BCUT2D eigenvalue weighted by Gasteiger charge is 2.59. The van der Waals surface area contributed by atoms with Crippen LogP contribution < -0.4 is 4.74 Å². The molecular weight excluding hydrogens is 416 g/mol. The highest BCUT2D eigenvalue weighted by Crippen LogP contribution is 2.54. The largest absolute Gasteiger partial charge is 0.427 e. The van der Waals surface area contributed by atoms with Crippen molar-refractivity contribution >= 4 is 11.9 Å². The first-order valence-electron chi connectivity index (χ1n) is 11.7. The van der Waals surface area contributed by atoms with Crippen LogP contribution in [0.5, 0.6) is 5.75 Å². The van der Waals surface area contributed by atoms with Crippen molar-refractivity contribution in [3.63, 3.8) is 0 Å². The summed E-state index contributed by atoms with van der Waals surface area (Å²) in [6.45, 7) is 3.18. The van der Waals surface area contributed by atoms with Crippen molar-refractivity contribution in [2.75, 3.05) is 34.3 Å². The smallest absolute Gasteiger partial charge is 0.308 e. The van der Waals surface area contributed by atoms with Gasteiger partial charge in [-0.05, 0) is 69.1 Å². The van der Waals surface area contributed by atoms with Crippen LogP contribution in [0.25, 0.3) is 0 Å². The predicted molar refractivity (Wildman–Crippen MR) is 127 cm³/mol. The fourth-order valence-electron chi connectivity index (χ4n) is 5.98. The number of esters is 1. The van der Waals surface area contributed by atoms with E-state index in [2.05, 4.69) is 18.0 Å². The molecule has 3 atom stereocenters. The highest BCUT2D eigenvalue weighted by molar-refractivity contribution is 5.94. The Balaban J connectivity index is 1.73. The molecule has 1 heterocycles. The fourth-order valence-corrected chi connectivity index (χ4v) is 5.98. The summed E-state index contributed by atoms with van der Waals surface area (Å²) in [7, 11) is 5.86. The number of amides is 1. The summed E-state index contributed by atoms with van der Waals surface area (Å²) in [5.74, 6) is 0.261. The van der Waals surface area contributed by atoms with E-state index in [1.807, 2.05) is 67.6 Å². The fraction of sp³-hybridized carbons (Fsp3) is 0.481. The molecule has 2 aliphatic rings. The van der Waals surface area contributed by atoms with E-state index in [0.717, 1.165) is 44.3 Å². The normalized spacial score (nSPS) is 27.5. The third-order valence-corrected chi connectivity index (χ3v) is 7.71. The number of nitrogens with zero attached hydrogens (tertiary/aromatic N) is 2. The number of hydrogen-bond donors (Lipinski definition) is 0. The first-order chi connectivity index (χ1) is 15.8. The molecule has 0 aromatic heterocycles. The average Bonchev–Trinajstić information content (AvgIpc) is 2.83. The number of piperidine rings is 1. The summed E-state index contributed by atoms with van der Waals surface area (Å²) in [4.78, 5) is 29.1. The van der Waals surface area contributed by atoms with Gasteiger partial charge in [0.05, 0.1) is 5.60 Å². The van der Waals surface area contributed by atoms with Crippen LogP contribution in [0.2, 0.25) is 0 Å². The van der Waals surface area contributed by atoms with Crippen molar-refractivity contribution < 1.29 is 19.1 Å². The Morgan fingerprint density at radius 3 is 2.55 bits per heavy atom. The van der Waals surface area contributed by atoms with E-state index >= 15 is 0 Å². The van der Waals surface area contributed by atoms with Gasteiger partial charge in [0.15, 0.2) is 0 Å². The summed E-state index contributed by atoms with van der Waals surface area (Å²) >= 11 is 0. The zero-order valence-electron chi connectivity index (χ0n) is 20.0. The molecule has 2 fully saturated rings. The number of likely N-dealkylation sites (tertiary alicyclic amines) is 1. The van der Waals surface area contributed by atoms with Gasteiger partial charge < -0.3 is 19.3 Å². The van der Waals surface area contributed by atoms with Gasteiger partial charge in [0.2, 0.25) is 0 Å². The summed E-state index contributed by atoms with van der Waals surface area (Å²) in [5.41, 5.74) is 1.15. The van der Waals surface area contributed by atoms with E-state index in [0.29, 0.717) is 11.3 Å². The Labute approximate surface area is 196 Å². The molecule has 1 aliphatic heterocycles. The Bertz CT molecular complexity index is 1010. The van der Waals surface area contributed by atoms with Crippen molar-refractivity contribution in [3.8, 4) is 5.75 Å². The lowest BCUT2D eigenvalue weighted by Gasteiger charge is -2.60. The zero-order valence-corrected chi connectivity index (χ0v) is 20.0. The first kappa shape index (κ1) is 23.5. The van der Waals surface area contributed by atoms with Crippen LogP contribution >= 0.6 is 0 Å². The number of hydrogen-bond acceptors (Lipinski definition) is 5. The minimum absolute atomic E-state index is 0.0438. The summed E-state index contributed by atoms with van der Waals surface area (Å²) in [6.07, 6.45) is 3.43. The van der Waals surface area contributed by atoms with Crippen LogP contribution in [0.15, 0.2) is 54.6 Å². The molecule has 0 bridgehead atoms. The molecule has 0 radical (unpaired) electrons. The number of rotatable bonds is 5. The molecule has 6 heteroatoms. The van der Waals surface area contributed by atoms with Gasteiger partial charge in [-0.25, -0.2) is 0 Å². The van der Waals surface area contributed by atoms with Crippen LogP contribution in [0.1, 0.15) is 48.5 Å². The Hall–Kier alpha value is -2.70. The maximum atomic E-state index is 13.3. The van der Waals surface area contributed by atoms with E-state index < -0.39 is 0 Å². The number of carbonyl (C=O) groups is 2. The molecule has 2 aromatic carbocycles. The number of carbonyl (C=O) groups excluding carboxylic acids is 2. The van der Waals surface area contributed by atoms with Crippen LogP contribution in [-0.4, -0.2) is 67.6 Å². The van der Waals surface area contributed by atoms with Crippen molar-refractivity contribution in [1.82, 2.24) is 9.80 Å². The van der Waals surface area contributed by atoms with E-state index in [4.69, 9.17) is 9.47 Å². The highest BCUT2D eigenvalue weighted by atomic mass is 16.5. The molecular formula is C27H34N2O4. The Morgan fingerprint density at radius 2 is 1.85 bits per heavy atom. The van der Waals surface area contributed by atoms with Gasteiger partial charge in [-0.15, -0.1) is 0 Å². The first-order valence-corrected chi connectivity index (χ1v) is 11.7. The number of likely N-dealkylation sites (N-methyl/N-ethyl adjacent to an activating group) is 1. The monoisotopic (exact) mass is 450 g/mol. The van der Waals surface area contributed by atoms with Crippen LogP contribution in [-0.2, 0) is 14.9 Å². The van der Waals surface area contributed by atoms with Crippen molar-refractivity contribution in [2.45, 2.75) is 49.7 Å². The Morgan fingerprint density at radius 1 is 1.09 bits per heavy atom. The van der Waals surface area contributed by atoms with E-state index in [1.165, 1.54) is 6.92 Å². The standard InChI is InChI=1S/C27H34N2O4/c1-20(30)33-24-12-8-11-22(17-24)26-15-16-28(2)19-27(26,32-4)14-13-23(18-26)29(3)25(31)21-9-6-5-7-10-21/h5-12,17,23H,13-16,18-19H2,1-4H3/t23-,26?,27?/m1/s1. The predicted octanol–water partition coefficient (Wildman–Crippen LogP) is 3.90. The van der Waals surface area contributed by atoms with Gasteiger partial charge in [-0.2, -0.15) is 0 Å². The maximum absolute atomic E-state index is 13.3. The van der Waals surface area contributed by atoms with E-state index in [-0.39, 0.29) is 28.9 Å². The minimum Gasteiger partial charge on any atom is -0.427 e. The number of methoxy groups -OCH3 is 1. The lowest BCUT2D eigenvalue weighted by molar-refractivity contribution is -0.149.